The Morgan fingerprint density at radius 3 is 1.75 bits per heavy atom. The van der Waals surface area contributed by atoms with E-state index in [0.717, 1.165) is 0 Å². The Morgan fingerprint density at radius 2 is 1.62 bits per heavy atom. The van der Waals surface area contributed by atoms with E-state index in [-0.39, 0.29) is 13.1 Å². The van der Waals surface area contributed by atoms with E-state index in [0.29, 0.717) is 10.1 Å². The molecule has 1 heterocycles. The molecule has 0 aromatic heterocycles. The largest absolute Gasteiger partial charge is 0.367 e. The zero-order chi connectivity index (χ0) is 6.15. The van der Waals surface area contributed by atoms with Crippen molar-refractivity contribution in [3.63, 3.8) is 0 Å². The van der Waals surface area contributed by atoms with Gasteiger partial charge < -0.3 is 0 Å². The summed E-state index contributed by atoms with van der Waals surface area (Å²) in [5.74, 6) is 0. The maximum absolute atomic E-state index is 10.3. The van der Waals surface area contributed by atoms with E-state index >= 15 is 0 Å². The van der Waals surface area contributed by atoms with Gasteiger partial charge in [-0.2, -0.15) is 0 Å². The van der Waals surface area contributed by atoms with Crippen molar-refractivity contribution < 1.29 is 15.2 Å². The predicted octanol–water partition coefficient (Wildman–Crippen LogP) is -0.498. The molecule has 0 aromatic rings. The molecule has 5 heteroatoms. The Morgan fingerprint density at radius 1 is 1.25 bits per heavy atom. The summed E-state index contributed by atoms with van der Waals surface area (Å²) in [6.45, 7) is 0.352. The number of carbonyl (C=O) groups excluding carboxylic acids is 1. The summed E-state index contributed by atoms with van der Waals surface area (Å²) in [6, 6.07) is -0.759. The minimum absolute atomic E-state index is 0.176. The van der Waals surface area contributed by atoms with Crippen molar-refractivity contribution >= 4 is 6.03 Å². The lowest BCUT2D eigenvalue weighted by Gasteiger charge is -2.04. The fourth-order valence-corrected chi connectivity index (χ4v) is 0.514. The van der Waals surface area contributed by atoms with Crippen LogP contribution < -0.4 is 0 Å². The maximum Gasteiger partial charge on any atom is 0.367 e. The molecule has 0 aliphatic carbocycles. The molecule has 0 radical (unpaired) electrons. The van der Waals surface area contributed by atoms with Gasteiger partial charge in [-0.25, -0.2) is 14.9 Å². The molecule has 1 saturated heterocycles. The molecule has 2 amide bonds. The fourth-order valence-electron chi connectivity index (χ4n) is 0.514. The number of urea groups is 1. The van der Waals surface area contributed by atoms with Crippen molar-refractivity contribution in [3.8, 4) is 0 Å². The third kappa shape index (κ3) is 0.613. The Hall–Kier alpha value is -0.810. The van der Waals surface area contributed by atoms with E-state index in [1.54, 1.807) is 0 Å². The number of rotatable bonds is 0. The van der Waals surface area contributed by atoms with Crippen LogP contribution in [0, 0.1) is 0 Å². The van der Waals surface area contributed by atoms with Crippen LogP contribution in [0.5, 0.6) is 0 Å². The highest BCUT2D eigenvalue weighted by Gasteiger charge is 2.25. The van der Waals surface area contributed by atoms with E-state index < -0.39 is 6.03 Å². The van der Waals surface area contributed by atoms with Crippen LogP contribution in [0.25, 0.3) is 0 Å². The molecule has 2 N–H and O–H groups in total. The summed E-state index contributed by atoms with van der Waals surface area (Å²) < 4.78 is 0. The minimum Gasteiger partial charge on any atom is -0.284 e. The lowest BCUT2D eigenvalue weighted by molar-refractivity contribution is -0.0597. The van der Waals surface area contributed by atoms with Gasteiger partial charge in [0.1, 0.15) is 0 Å². The van der Waals surface area contributed by atoms with Gasteiger partial charge in [0.2, 0.25) is 0 Å². The van der Waals surface area contributed by atoms with Crippen LogP contribution in [0.3, 0.4) is 0 Å². The van der Waals surface area contributed by atoms with E-state index in [1.165, 1.54) is 0 Å². The summed E-state index contributed by atoms with van der Waals surface area (Å²) >= 11 is 0. The SMILES string of the molecule is O=C1N(O)CCN1O. The van der Waals surface area contributed by atoms with Gasteiger partial charge in [0, 0.05) is 0 Å². The lowest BCUT2D eigenvalue weighted by atomic mass is 10.7. The molecule has 46 valence electrons. The number of hydroxylamine groups is 4. The summed E-state index contributed by atoms with van der Waals surface area (Å²) in [5, 5.41) is 17.8. The summed E-state index contributed by atoms with van der Waals surface area (Å²) in [7, 11) is 0. The summed E-state index contributed by atoms with van der Waals surface area (Å²) in [4.78, 5) is 10.3. The second-order valence-corrected chi connectivity index (χ2v) is 1.53. The molecule has 5 nitrogen and oxygen atoms in total. The van der Waals surface area contributed by atoms with Crippen molar-refractivity contribution in [1.29, 1.82) is 0 Å². The highest BCUT2D eigenvalue weighted by atomic mass is 16.6. The molecular formula is C3H6N2O3. The molecule has 1 fully saturated rings. The number of amides is 2. The van der Waals surface area contributed by atoms with Gasteiger partial charge in [-0.15, -0.1) is 0 Å². The fraction of sp³-hybridized carbons (Fsp3) is 0.667. The van der Waals surface area contributed by atoms with Crippen molar-refractivity contribution in [3.05, 3.63) is 0 Å². The second kappa shape index (κ2) is 1.61. The average Bonchev–Trinajstić information content (AvgIpc) is 1.98. The van der Waals surface area contributed by atoms with Crippen LogP contribution in [0.2, 0.25) is 0 Å². The molecule has 1 aliphatic rings. The van der Waals surface area contributed by atoms with E-state index in [4.69, 9.17) is 10.4 Å². The Balaban J connectivity index is 2.57. The predicted molar refractivity (Wildman–Crippen MR) is 22.4 cm³/mol. The van der Waals surface area contributed by atoms with E-state index in [2.05, 4.69) is 0 Å². The van der Waals surface area contributed by atoms with Crippen molar-refractivity contribution in [2.45, 2.75) is 0 Å². The van der Waals surface area contributed by atoms with Crippen molar-refractivity contribution in [2.24, 2.45) is 0 Å². The topological polar surface area (TPSA) is 64.0 Å². The monoisotopic (exact) mass is 118 g/mol. The molecule has 1 rings (SSSR count). The minimum atomic E-state index is -0.759. The third-order valence-corrected chi connectivity index (χ3v) is 0.965. The van der Waals surface area contributed by atoms with Gasteiger partial charge in [-0.1, -0.05) is 0 Å². The Labute approximate surface area is 45.6 Å². The van der Waals surface area contributed by atoms with Crippen LogP contribution in [0.4, 0.5) is 4.79 Å². The first-order valence-corrected chi connectivity index (χ1v) is 2.18. The Bertz CT molecular complexity index is 103. The first-order chi connectivity index (χ1) is 3.72. The third-order valence-electron chi connectivity index (χ3n) is 0.965. The quantitative estimate of drug-likeness (QED) is 0.421. The molecule has 8 heavy (non-hydrogen) atoms. The number of nitrogens with zero attached hydrogens (tertiary/aromatic N) is 2. The van der Waals surface area contributed by atoms with E-state index in [1.807, 2.05) is 0 Å². The second-order valence-electron chi connectivity index (χ2n) is 1.53. The number of hydrogen-bond acceptors (Lipinski definition) is 3. The average molecular weight is 118 g/mol. The maximum atomic E-state index is 10.3. The number of carbonyl (C=O) groups is 1. The highest BCUT2D eigenvalue weighted by molar-refractivity contribution is 5.73. The molecule has 0 bridgehead atoms. The molecule has 0 atom stereocenters. The van der Waals surface area contributed by atoms with Crippen molar-refractivity contribution in [2.75, 3.05) is 13.1 Å². The molecule has 0 spiro atoms. The van der Waals surface area contributed by atoms with Gasteiger partial charge in [0.15, 0.2) is 0 Å². The van der Waals surface area contributed by atoms with Gasteiger partial charge in [-0.3, -0.25) is 10.4 Å². The first-order valence-electron chi connectivity index (χ1n) is 2.18. The van der Waals surface area contributed by atoms with Crippen LogP contribution in [-0.4, -0.2) is 39.7 Å². The van der Waals surface area contributed by atoms with Gasteiger partial charge in [0.05, 0.1) is 13.1 Å². The van der Waals surface area contributed by atoms with Crippen molar-refractivity contribution in [1.82, 2.24) is 10.1 Å². The Kier molecular flexibility index (Phi) is 1.07. The highest BCUT2D eigenvalue weighted by Crippen LogP contribution is 1.99. The van der Waals surface area contributed by atoms with Crippen LogP contribution >= 0.6 is 0 Å². The van der Waals surface area contributed by atoms with E-state index in [9.17, 15) is 4.79 Å². The summed E-state index contributed by atoms with van der Waals surface area (Å²) in [6.07, 6.45) is 0. The van der Waals surface area contributed by atoms with Crippen LogP contribution in [-0.2, 0) is 0 Å². The van der Waals surface area contributed by atoms with Gasteiger partial charge in [-0.05, 0) is 0 Å². The number of hydrogen-bond donors (Lipinski definition) is 2. The van der Waals surface area contributed by atoms with Crippen LogP contribution in [0.15, 0.2) is 0 Å². The molecule has 1 aliphatic heterocycles. The smallest absolute Gasteiger partial charge is 0.284 e. The summed E-state index contributed by atoms with van der Waals surface area (Å²) in [5.41, 5.74) is 0. The molecule has 0 unspecified atom stereocenters. The molecular weight excluding hydrogens is 112 g/mol. The zero-order valence-electron chi connectivity index (χ0n) is 4.11. The zero-order valence-corrected chi connectivity index (χ0v) is 4.11. The first kappa shape index (κ1) is 5.33. The normalized spacial score (nSPS) is 20.5. The van der Waals surface area contributed by atoms with Gasteiger partial charge in [0.25, 0.3) is 0 Å². The van der Waals surface area contributed by atoms with Gasteiger partial charge >= 0.3 is 6.03 Å². The van der Waals surface area contributed by atoms with Crippen LogP contribution in [0.1, 0.15) is 0 Å². The standard InChI is InChI=1S/C3H6N2O3/c6-3-4(7)1-2-5(3)8/h7-8H,1-2H2. The lowest BCUT2D eigenvalue weighted by Crippen LogP contribution is -2.26. The molecule has 0 aromatic carbocycles. The molecule has 0 saturated carbocycles.